The standard InChI is InChI=1S/C24H27ClN2O5S2/c1-2-31-23-9-4-3-8-22(23)27(34(29,30)21-12-10-19(25)11-13-21)17-24(28)26-14-6-16-33-18-20-7-5-15-32-20/h3-5,7-13,15H,2,6,14,16-18H2,1H3,(H,26,28). The number of carbonyl (C=O) groups excluding carboxylic acids is 1. The lowest BCUT2D eigenvalue weighted by Gasteiger charge is -2.26. The van der Waals surface area contributed by atoms with Crippen LogP contribution in [0.15, 0.2) is 76.2 Å². The number of thioether (sulfide) groups is 1. The Morgan fingerprint density at radius 2 is 1.88 bits per heavy atom. The largest absolute Gasteiger partial charge is 0.492 e. The van der Waals surface area contributed by atoms with E-state index in [1.165, 1.54) is 24.3 Å². The number of rotatable bonds is 13. The van der Waals surface area contributed by atoms with Gasteiger partial charge < -0.3 is 14.5 Å². The molecule has 0 unspecified atom stereocenters. The van der Waals surface area contributed by atoms with Gasteiger partial charge in [-0.3, -0.25) is 9.10 Å². The van der Waals surface area contributed by atoms with E-state index in [9.17, 15) is 13.2 Å². The number of ether oxygens (including phenoxy) is 1. The molecule has 3 aromatic rings. The van der Waals surface area contributed by atoms with Crippen molar-refractivity contribution in [1.29, 1.82) is 0 Å². The molecule has 0 aliphatic carbocycles. The van der Waals surface area contributed by atoms with Gasteiger partial charge in [-0.05, 0) is 67.6 Å². The predicted molar refractivity (Wildman–Crippen MR) is 136 cm³/mol. The van der Waals surface area contributed by atoms with E-state index in [2.05, 4.69) is 5.32 Å². The number of hydrogen-bond donors (Lipinski definition) is 1. The van der Waals surface area contributed by atoms with Gasteiger partial charge >= 0.3 is 0 Å². The van der Waals surface area contributed by atoms with E-state index in [-0.39, 0.29) is 11.4 Å². The fourth-order valence-electron chi connectivity index (χ4n) is 3.13. The molecule has 0 atom stereocenters. The Labute approximate surface area is 209 Å². The maximum atomic E-state index is 13.5. The summed E-state index contributed by atoms with van der Waals surface area (Å²) >= 11 is 7.64. The number of sulfonamides is 1. The molecule has 0 fully saturated rings. The normalized spacial score (nSPS) is 11.2. The quantitative estimate of drug-likeness (QED) is 0.319. The number of amides is 1. The molecule has 0 bridgehead atoms. The molecule has 1 amide bonds. The van der Waals surface area contributed by atoms with Crippen molar-refractivity contribution < 1.29 is 22.4 Å². The van der Waals surface area contributed by atoms with Crippen LogP contribution in [0.1, 0.15) is 19.1 Å². The Kier molecular flexibility index (Phi) is 9.74. The number of nitrogens with one attached hydrogen (secondary N) is 1. The van der Waals surface area contributed by atoms with Crippen LogP contribution in [0.3, 0.4) is 0 Å². The molecule has 182 valence electrons. The fraction of sp³-hybridized carbons (Fsp3) is 0.292. The van der Waals surface area contributed by atoms with Gasteiger partial charge in [-0.25, -0.2) is 8.42 Å². The van der Waals surface area contributed by atoms with Crippen LogP contribution in [0, 0.1) is 0 Å². The minimum absolute atomic E-state index is 0.0327. The summed E-state index contributed by atoms with van der Waals surface area (Å²) in [5, 5.41) is 3.24. The molecular weight excluding hydrogens is 496 g/mol. The van der Waals surface area contributed by atoms with E-state index in [1.807, 2.05) is 19.1 Å². The van der Waals surface area contributed by atoms with Crippen LogP contribution in [0.4, 0.5) is 5.69 Å². The van der Waals surface area contributed by atoms with Crippen LogP contribution < -0.4 is 14.4 Å². The van der Waals surface area contributed by atoms with Crippen molar-refractivity contribution in [3.8, 4) is 5.75 Å². The summed E-state index contributed by atoms with van der Waals surface area (Å²) in [5.41, 5.74) is 0.295. The van der Waals surface area contributed by atoms with Crippen molar-refractivity contribution in [2.24, 2.45) is 0 Å². The molecule has 0 radical (unpaired) electrons. The zero-order valence-corrected chi connectivity index (χ0v) is 21.2. The lowest BCUT2D eigenvalue weighted by molar-refractivity contribution is -0.119. The number of halogens is 1. The first-order chi connectivity index (χ1) is 16.4. The van der Waals surface area contributed by atoms with Gasteiger partial charge in [0.05, 0.1) is 29.2 Å². The number of hydrogen-bond acceptors (Lipinski definition) is 6. The lowest BCUT2D eigenvalue weighted by atomic mass is 10.3. The third kappa shape index (κ3) is 7.19. The number of para-hydroxylation sites is 2. The smallest absolute Gasteiger partial charge is 0.264 e. The Morgan fingerprint density at radius 3 is 2.59 bits per heavy atom. The molecule has 0 saturated heterocycles. The van der Waals surface area contributed by atoms with Crippen molar-refractivity contribution in [1.82, 2.24) is 5.32 Å². The highest BCUT2D eigenvalue weighted by Crippen LogP contribution is 2.32. The predicted octanol–water partition coefficient (Wildman–Crippen LogP) is 4.97. The van der Waals surface area contributed by atoms with E-state index in [4.69, 9.17) is 20.8 Å². The maximum Gasteiger partial charge on any atom is 0.264 e. The molecule has 3 rings (SSSR count). The van der Waals surface area contributed by atoms with Crippen molar-refractivity contribution in [3.63, 3.8) is 0 Å². The third-order valence-corrected chi connectivity index (χ3v) is 7.83. The first-order valence-corrected chi connectivity index (χ1v) is 13.8. The van der Waals surface area contributed by atoms with Gasteiger partial charge in [0.2, 0.25) is 5.91 Å². The monoisotopic (exact) mass is 522 g/mol. The van der Waals surface area contributed by atoms with Gasteiger partial charge in [0, 0.05) is 11.6 Å². The molecular formula is C24H27ClN2O5S2. The van der Waals surface area contributed by atoms with E-state index in [0.29, 0.717) is 29.6 Å². The molecule has 34 heavy (non-hydrogen) atoms. The maximum absolute atomic E-state index is 13.5. The Bertz CT molecular complexity index is 1150. The average molecular weight is 523 g/mol. The lowest BCUT2D eigenvalue weighted by Crippen LogP contribution is -2.41. The van der Waals surface area contributed by atoms with Crippen LogP contribution in [-0.2, 0) is 20.6 Å². The first kappa shape index (κ1) is 26.0. The third-order valence-electron chi connectivity index (χ3n) is 4.73. The molecule has 1 N–H and O–H groups in total. The molecule has 10 heteroatoms. The van der Waals surface area contributed by atoms with Crippen LogP contribution in [0.25, 0.3) is 0 Å². The van der Waals surface area contributed by atoms with Crippen molar-refractivity contribution >= 4 is 45.0 Å². The average Bonchev–Trinajstić information content (AvgIpc) is 3.34. The zero-order valence-electron chi connectivity index (χ0n) is 18.8. The number of carbonyl (C=O) groups is 1. The fourth-order valence-corrected chi connectivity index (χ4v) is 5.55. The number of nitrogens with zero attached hydrogens (tertiary/aromatic N) is 1. The molecule has 0 aliphatic heterocycles. The topological polar surface area (TPSA) is 88.8 Å². The van der Waals surface area contributed by atoms with Gasteiger partial charge in [0.1, 0.15) is 18.1 Å². The SMILES string of the molecule is CCOc1ccccc1N(CC(=O)NCCCSCc1ccco1)S(=O)(=O)c1ccc(Cl)cc1. The van der Waals surface area contributed by atoms with Gasteiger partial charge in [0.15, 0.2) is 0 Å². The molecule has 1 aromatic heterocycles. The van der Waals surface area contributed by atoms with Crippen LogP contribution in [-0.4, -0.2) is 39.8 Å². The van der Waals surface area contributed by atoms with Gasteiger partial charge in [-0.2, -0.15) is 11.8 Å². The van der Waals surface area contributed by atoms with Crippen LogP contribution in [0.2, 0.25) is 5.02 Å². The van der Waals surface area contributed by atoms with Crippen LogP contribution in [0.5, 0.6) is 5.75 Å². The zero-order chi connectivity index (χ0) is 24.4. The Balaban J connectivity index is 1.68. The van der Waals surface area contributed by atoms with Gasteiger partial charge in [-0.15, -0.1) is 0 Å². The summed E-state index contributed by atoms with van der Waals surface area (Å²) in [6.07, 6.45) is 2.39. The molecule has 1 heterocycles. The summed E-state index contributed by atoms with van der Waals surface area (Å²) in [7, 11) is -4.05. The highest BCUT2D eigenvalue weighted by Gasteiger charge is 2.29. The molecule has 0 spiro atoms. The summed E-state index contributed by atoms with van der Waals surface area (Å²) in [6, 6.07) is 16.4. The minimum atomic E-state index is -4.05. The molecule has 7 nitrogen and oxygen atoms in total. The van der Waals surface area contributed by atoms with Gasteiger partial charge in [0.25, 0.3) is 10.0 Å². The number of anilines is 1. The van der Waals surface area contributed by atoms with Gasteiger partial charge in [-0.1, -0.05) is 23.7 Å². The van der Waals surface area contributed by atoms with E-state index in [1.54, 1.807) is 42.3 Å². The summed E-state index contributed by atoms with van der Waals surface area (Å²) in [6.45, 7) is 2.22. The highest BCUT2D eigenvalue weighted by atomic mass is 35.5. The first-order valence-electron chi connectivity index (χ1n) is 10.8. The van der Waals surface area contributed by atoms with E-state index in [0.717, 1.165) is 28.0 Å². The Morgan fingerprint density at radius 1 is 1.12 bits per heavy atom. The van der Waals surface area contributed by atoms with E-state index >= 15 is 0 Å². The highest BCUT2D eigenvalue weighted by molar-refractivity contribution is 7.98. The van der Waals surface area contributed by atoms with Crippen molar-refractivity contribution in [2.75, 3.05) is 29.8 Å². The molecule has 0 aliphatic rings. The summed E-state index contributed by atoms with van der Waals surface area (Å²) in [4.78, 5) is 12.8. The van der Waals surface area contributed by atoms with Crippen molar-refractivity contribution in [3.05, 3.63) is 77.7 Å². The summed E-state index contributed by atoms with van der Waals surface area (Å²) < 4.78 is 39.0. The second-order valence-corrected chi connectivity index (χ2v) is 10.6. The molecule has 0 saturated carbocycles. The second-order valence-electron chi connectivity index (χ2n) is 7.20. The Hall–Kier alpha value is -2.62. The van der Waals surface area contributed by atoms with Crippen LogP contribution >= 0.6 is 23.4 Å². The second kappa shape index (κ2) is 12.7. The summed E-state index contributed by atoms with van der Waals surface area (Å²) in [5.74, 6) is 2.48. The van der Waals surface area contributed by atoms with E-state index < -0.39 is 15.9 Å². The molecule has 2 aromatic carbocycles. The van der Waals surface area contributed by atoms with Crippen molar-refractivity contribution in [2.45, 2.75) is 24.0 Å². The minimum Gasteiger partial charge on any atom is -0.492 e. The number of furan rings is 1. The number of benzene rings is 2.